The molecule has 2 aromatic heterocycles. The largest absolute Gasteiger partial charge is 0.317 e. The fourth-order valence-electron chi connectivity index (χ4n) is 4.03. The first kappa shape index (κ1) is 14.2. The molecule has 1 unspecified atom stereocenters. The lowest BCUT2D eigenvalue weighted by molar-refractivity contribution is 0.209. The molecular weight excluding hydrogens is 274 g/mol. The highest BCUT2D eigenvalue weighted by molar-refractivity contribution is 5.71. The highest BCUT2D eigenvalue weighted by Gasteiger charge is 2.28. The quantitative estimate of drug-likeness (QED) is 0.923. The van der Waals surface area contributed by atoms with Crippen molar-refractivity contribution in [3.8, 4) is 0 Å². The van der Waals surface area contributed by atoms with Crippen molar-refractivity contribution in [1.29, 1.82) is 0 Å². The summed E-state index contributed by atoms with van der Waals surface area (Å²) in [7, 11) is 2.23. The minimum absolute atomic E-state index is 0.517. The number of fused-ring (bicyclic) bond motifs is 1. The smallest absolute Gasteiger partial charge is 0.160 e. The van der Waals surface area contributed by atoms with Crippen LogP contribution in [-0.4, -0.2) is 52.7 Å². The van der Waals surface area contributed by atoms with Gasteiger partial charge in [-0.05, 0) is 64.5 Å². The highest BCUT2D eigenvalue weighted by atomic mass is 15.2. The third kappa shape index (κ3) is 2.52. The topological polar surface area (TPSA) is 46.0 Å². The maximum Gasteiger partial charge on any atom is 0.160 e. The van der Waals surface area contributed by atoms with Gasteiger partial charge < -0.3 is 14.8 Å². The van der Waals surface area contributed by atoms with Gasteiger partial charge in [0.05, 0.1) is 0 Å². The molecule has 5 heteroatoms. The maximum absolute atomic E-state index is 4.99. The summed E-state index contributed by atoms with van der Waals surface area (Å²) in [5.74, 6) is 1.85. The van der Waals surface area contributed by atoms with Crippen LogP contribution in [0, 0.1) is 0 Å². The number of likely N-dealkylation sites (tertiary alicyclic amines) is 1. The molecule has 2 saturated heterocycles. The molecule has 4 heterocycles. The zero-order valence-corrected chi connectivity index (χ0v) is 13.3. The van der Waals surface area contributed by atoms with Crippen molar-refractivity contribution in [3.63, 3.8) is 0 Å². The van der Waals surface area contributed by atoms with E-state index in [4.69, 9.17) is 4.98 Å². The molecule has 0 aromatic carbocycles. The van der Waals surface area contributed by atoms with Gasteiger partial charge in [0.1, 0.15) is 11.3 Å². The Balaban J connectivity index is 1.78. The second-order valence-electron chi connectivity index (χ2n) is 6.77. The van der Waals surface area contributed by atoms with E-state index >= 15 is 0 Å². The Bertz CT molecular complexity index is 644. The minimum Gasteiger partial charge on any atom is -0.317 e. The van der Waals surface area contributed by atoms with Crippen molar-refractivity contribution in [1.82, 2.24) is 24.8 Å². The standard InChI is InChI=1S/C17H25N5/c1-21-11-3-4-14(12-21)22-16(13-6-9-18-10-7-13)20-15-5-2-8-19-17(15)22/h2,5,8,13-14,18H,3-4,6-7,9-12H2,1H3. The number of imidazole rings is 1. The number of nitrogens with one attached hydrogen (secondary N) is 1. The van der Waals surface area contributed by atoms with Crippen molar-refractivity contribution in [3.05, 3.63) is 24.2 Å². The fraction of sp³-hybridized carbons (Fsp3) is 0.647. The number of likely N-dealkylation sites (N-methyl/N-ethyl adjacent to an activating group) is 1. The van der Waals surface area contributed by atoms with Crippen LogP contribution in [0.2, 0.25) is 0 Å². The summed E-state index contributed by atoms with van der Waals surface area (Å²) in [5.41, 5.74) is 2.14. The van der Waals surface area contributed by atoms with Crippen LogP contribution in [0.3, 0.4) is 0 Å². The van der Waals surface area contributed by atoms with E-state index in [1.807, 2.05) is 12.3 Å². The SMILES string of the molecule is CN1CCCC(n2c(C3CCNCC3)nc3cccnc32)C1. The first-order valence-electron chi connectivity index (χ1n) is 8.55. The van der Waals surface area contributed by atoms with E-state index in [-0.39, 0.29) is 0 Å². The maximum atomic E-state index is 4.99. The van der Waals surface area contributed by atoms with Crippen molar-refractivity contribution in [2.75, 3.05) is 33.2 Å². The van der Waals surface area contributed by atoms with Crippen LogP contribution in [0.25, 0.3) is 11.2 Å². The van der Waals surface area contributed by atoms with Crippen LogP contribution in [-0.2, 0) is 0 Å². The van der Waals surface area contributed by atoms with E-state index in [9.17, 15) is 0 Å². The van der Waals surface area contributed by atoms with E-state index in [0.717, 1.165) is 30.8 Å². The van der Waals surface area contributed by atoms with Gasteiger partial charge in [-0.2, -0.15) is 0 Å². The first-order chi connectivity index (χ1) is 10.8. The molecule has 5 nitrogen and oxygen atoms in total. The number of rotatable bonds is 2. The average molecular weight is 299 g/mol. The van der Waals surface area contributed by atoms with Gasteiger partial charge in [0, 0.05) is 24.7 Å². The van der Waals surface area contributed by atoms with E-state index < -0.39 is 0 Å². The molecule has 0 amide bonds. The van der Waals surface area contributed by atoms with E-state index in [1.165, 1.54) is 38.1 Å². The molecule has 2 aliphatic heterocycles. The summed E-state index contributed by atoms with van der Waals surface area (Å²) in [6, 6.07) is 4.62. The third-order valence-electron chi connectivity index (χ3n) is 5.15. The summed E-state index contributed by atoms with van der Waals surface area (Å²) in [5, 5.41) is 3.46. The van der Waals surface area contributed by atoms with Crippen LogP contribution in [0.5, 0.6) is 0 Å². The summed E-state index contributed by atoms with van der Waals surface area (Å²) >= 11 is 0. The number of nitrogens with zero attached hydrogens (tertiary/aromatic N) is 4. The van der Waals surface area contributed by atoms with E-state index in [1.54, 1.807) is 0 Å². The molecule has 118 valence electrons. The molecule has 0 bridgehead atoms. The van der Waals surface area contributed by atoms with Crippen molar-refractivity contribution in [2.24, 2.45) is 0 Å². The van der Waals surface area contributed by atoms with E-state index in [0.29, 0.717) is 12.0 Å². The number of aromatic nitrogens is 3. The molecule has 2 fully saturated rings. The zero-order valence-electron chi connectivity index (χ0n) is 13.3. The minimum atomic E-state index is 0.517. The fourth-order valence-corrected chi connectivity index (χ4v) is 4.03. The van der Waals surface area contributed by atoms with Gasteiger partial charge in [-0.1, -0.05) is 0 Å². The Morgan fingerprint density at radius 1 is 1.23 bits per heavy atom. The lowest BCUT2D eigenvalue weighted by atomic mass is 9.96. The Morgan fingerprint density at radius 3 is 2.91 bits per heavy atom. The molecular formula is C17H25N5. The number of hydrogen-bond donors (Lipinski definition) is 1. The molecule has 0 saturated carbocycles. The van der Waals surface area contributed by atoms with Gasteiger partial charge in [-0.3, -0.25) is 0 Å². The molecule has 4 rings (SSSR count). The van der Waals surface area contributed by atoms with Gasteiger partial charge in [0.25, 0.3) is 0 Å². The first-order valence-corrected chi connectivity index (χ1v) is 8.55. The lowest BCUT2D eigenvalue weighted by Crippen LogP contribution is -2.35. The summed E-state index contributed by atoms with van der Waals surface area (Å²) in [6.45, 7) is 4.52. The second kappa shape index (κ2) is 5.97. The predicted molar refractivity (Wildman–Crippen MR) is 88.1 cm³/mol. The molecule has 0 aliphatic carbocycles. The Morgan fingerprint density at radius 2 is 2.09 bits per heavy atom. The summed E-state index contributed by atoms with van der Waals surface area (Å²) in [4.78, 5) is 12.1. The molecule has 2 aliphatic rings. The van der Waals surface area contributed by atoms with Crippen molar-refractivity contribution < 1.29 is 0 Å². The molecule has 1 atom stereocenters. The summed E-state index contributed by atoms with van der Waals surface area (Å²) in [6.07, 6.45) is 6.78. The molecule has 2 aromatic rings. The monoisotopic (exact) mass is 299 g/mol. The summed E-state index contributed by atoms with van der Waals surface area (Å²) < 4.78 is 2.47. The second-order valence-corrected chi connectivity index (χ2v) is 6.77. The van der Waals surface area contributed by atoms with Crippen LogP contribution in [0.4, 0.5) is 0 Å². The Hall–Kier alpha value is -1.46. The Kier molecular flexibility index (Phi) is 3.84. The average Bonchev–Trinajstić information content (AvgIpc) is 2.95. The van der Waals surface area contributed by atoms with E-state index in [2.05, 4.69) is 32.9 Å². The molecule has 22 heavy (non-hydrogen) atoms. The van der Waals surface area contributed by atoms with Crippen LogP contribution < -0.4 is 5.32 Å². The number of pyridine rings is 1. The number of hydrogen-bond acceptors (Lipinski definition) is 4. The zero-order chi connectivity index (χ0) is 14.9. The Labute approximate surface area is 131 Å². The van der Waals surface area contributed by atoms with Gasteiger partial charge in [-0.25, -0.2) is 9.97 Å². The molecule has 0 spiro atoms. The molecule has 1 N–H and O–H groups in total. The third-order valence-corrected chi connectivity index (χ3v) is 5.15. The normalized spacial score (nSPS) is 24.9. The lowest BCUT2D eigenvalue weighted by Gasteiger charge is -2.33. The van der Waals surface area contributed by atoms with Crippen molar-refractivity contribution in [2.45, 2.75) is 37.6 Å². The van der Waals surface area contributed by atoms with Crippen LogP contribution in [0.15, 0.2) is 18.3 Å². The van der Waals surface area contributed by atoms with Gasteiger partial charge in [0.15, 0.2) is 5.65 Å². The van der Waals surface area contributed by atoms with Gasteiger partial charge >= 0.3 is 0 Å². The predicted octanol–water partition coefficient (Wildman–Crippen LogP) is 2.17. The van der Waals surface area contributed by atoms with Gasteiger partial charge in [-0.15, -0.1) is 0 Å². The molecule has 0 radical (unpaired) electrons. The highest BCUT2D eigenvalue weighted by Crippen LogP contribution is 2.33. The van der Waals surface area contributed by atoms with Crippen molar-refractivity contribution >= 4 is 11.2 Å². The number of piperidine rings is 2. The van der Waals surface area contributed by atoms with Crippen LogP contribution in [0.1, 0.15) is 43.5 Å². The van der Waals surface area contributed by atoms with Crippen LogP contribution >= 0.6 is 0 Å². The van der Waals surface area contributed by atoms with Gasteiger partial charge in [0.2, 0.25) is 0 Å².